The predicted molar refractivity (Wildman–Crippen MR) is 46.4 cm³/mol. The molecule has 0 aliphatic rings. The highest BCUT2D eigenvalue weighted by molar-refractivity contribution is 5.68. The lowest BCUT2D eigenvalue weighted by Crippen LogP contribution is -2.24. The van der Waals surface area contributed by atoms with E-state index in [1.807, 2.05) is 6.92 Å². The quantitative estimate of drug-likeness (QED) is 0.670. The Labute approximate surface area is 77.0 Å². The first-order chi connectivity index (χ1) is 6.13. The molecular formula is C10H11O3-. The molecule has 0 atom stereocenters. The van der Waals surface area contributed by atoms with Crippen LogP contribution in [0.1, 0.15) is 11.1 Å². The van der Waals surface area contributed by atoms with Crippen LogP contribution in [0.25, 0.3) is 0 Å². The number of hydrogen-bond acceptors (Lipinski definition) is 3. The van der Waals surface area contributed by atoms with Crippen molar-refractivity contribution in [2.75, 3.05) is 7.11 Å². The normalized spacial score (nSPS) is 9.69. The maximum Gasteiger partial charge on any atom is 0.121 e. The van der Waals surface area contributed by atoms with Gasteiger partial charge in [0.1, 0.15) is 5.75 Å². The second-order valence-corrected chi connectivity index (χ2v) is 2.85. The standard InChI is InChI=1S/C10H12O3/c1-7-5-8(6-10(11)12)3-4-9(7)13-2/h3-5H,6H2,1-2H3,(H,11,12)/p-1. The second kappa shape index (κ2) is 3.94. The van der Waals surface area contributed by atoms with Gasteiger partial charge < -0.3 is 14.6 Å². The average molecular weight is 179 g/mol. The zero-order valence-corrected chi connectivity index (χ0v) is 7.66. The van der Waals surface area contributed by atoms with Crippen LogP contribution in [0.15, 0.2) is 18.2 Å². The first kappa shape index (κ1) is 9.58. The smallest absolute Gasteiger partial charge is 0.121 e. The van der Waals surface area contributed by atoms with Crippen LogP contribution in [0.3, 0.4) is 0 Å². The number of hydrogen-bond donors (Lipinski definition) is 0. The summed E-state index contributed by atoms with van der Waals surface area (Å²) >= 11 is 0. The lowest BCUT2D eigenvalue weighted by molar-refractivity contribution is -0.304. The van der Waals surface area contributed by atoms with Gasteiger partial charge in [-0.1, -0.05) is 12.1 Å². The fourth-order valence-electron chi connectivity index (χ4n) is 1.22. The lowest BCUT2D eigenvalue weighted by Gasteiger charge is -2.07. The molecule has 0 aliphatic heterocycles. The van der Waals surface area contributed by atoms with Gasteiger partial charge in [0, 0.05) is 12.4 Å². The van der Waals surface area contributed by atoms with Crippen molar-refractivity contribution < 1.29 is 14.6 Å². The zero-order valence-electron chi connectivity index (χ0n) is 7.66. The summed E-state index contributed by atoms with van der Waals surface area (Å²) in [6, 6.07) is 5.27. The van der Waals surface area contributed by atoms with E-state index in [2.05, 4.69) is 0 Å². The summed E-state index contributed by atoms with van der Waals surface area (Å²) in [5.41, 5.74) is 1.67. The van der Waals surface area contributed by atoms with Crippen LogP contribution < -0.4 is 9.84 Å². The third-order valence-corrected chi connectivity index (χ3v) is 1.81. The minimum absolute atomic E-state index is 0.0508. The van der Waals surface area contributed by atoms with Crippen molar-refractivity contribution in [1.29, 1.82) is 0 Å². The molecule has 3 heteroatoms. The van der Waals surface area contributed by atoms with Gasteiger partial charge >= 0.3 is 0 Å². The van der Waals surface area contributed by atoms with E-state index in [-0.39, 0.29) is 6.42 Å². The van der Waals surface area contributed by atoms with Gasteiger partial charge in [0.25, 0.3) is 0 Å². The van der Waals surface area contributed by atoms with Crippen LogP contribution in [0, 0.1) is 6.92 Å². The number of rotatable bonds is 3. The van der Waals surface area contributed by atoms with Crippen molar-refractivity contribution in [3.05, 3.63) is 29.3 Å². The molecule has 0 fully saturated rings. The van der Waals surface area contributed by atoms with Gasteiger partial charge in [-0.05, 0) is 24.1 Å². The van der Waals surface area contributed by atoms with Gasteiger partial charge in [-0.25, -0.2) is 0 Å². The highest BCUT2D eigenvalue weighted by Crippen LogP contribution is 2.18. The molecule has 0 saturated carbocycles. The monoisotopic (exact) mass is 179 g/mol. The van der Waals surface area contributed by atoms with Gasteiger partial charge in [-0.2, -0.15) is 0 Å². The van der Waals surface area contributed by atoms with Gasteiger partial charge in [0.2, 0.25) is 0 Å². The molecule has 0 amide bonds. The summed E-state index contributed by atoms with van der Waals surface area (Å²) in [4.78, 5) is 10.3. The van der Waals surface area contributed by atoms with Crippen LogP contribution in [-0.4, -0.2) is 13.1 Å². The molecule has 0 radical (unpaired) electrons. The average Bonchev–Trinajstić information content (AvgIpc) is 2.03. The van der Waals surface area contributed by atoms with E-state index in [0.29, 0.717) is 0 Å². The molecule has 0 bridgehead atoms. The maximum absolute atomic E-state index is 10.3. The Hall–Kier alpha value is -1.51. The number of carbonyl (C=O) groups is 1. The lowest BCUT2D eigenvalue weighted by atomic mass is 10.1. The molecule has 0 unspecified atom stereocenters. The van der Waals surface area contributed by atoms with E-state index < -0.39 is 5.97 Å². The Morgan fingerprint density at radius 3 is 2.69 bits per heavy atom. The third kappa shape index (κ3) is 2.47. The summed E-state index contributed by atoms with van der Waals surface area (Å²) in [6.45, 7) is 1.87. The highest BCUT2D eigenvalue weighted by Gasteiger charge is 1.99. The van der Waals surface area contributed by atoms with E-state index in [0.717, 1.165) is 16.9 Å². The molecule has 1 aromatic carbocycles. The summed E-state index contributed by atoms with van der Waals surface area (Å²) in [5, 5.41) is 10.3. The largest absolute Gasteiger partial charge is 0.550 e. The molecule has 0 saturated heterocycles. The summed E-state index contributed by atoms with van der Waals surface area (Å²) in [6.07, 6.45) is -0.0508. The summed E-state index contributed by atoms with van der Waals surface area (Å²) in [5.74, 6) is -0.299. The van der Waals surface area contributed by atoms with E-state index in [1.165, 1.54) is 0 Å². The van der Waals surface area contributed by atoms with Crippen LogP contribution in [0.5, 0.6) is 5.75 Å². The molecule has 0 aliphatic carbocycles. The van der Waals surface area contributed by atoms with Crippen LogP contribution in [0.4, 0.5) is 0 Å². The molecule has 70 valence electrons. The van der Waals surface area contributed by atoms with Gasteiger partial charge in [-0.3, -0.25) is 0 Å². The molecule has 0 N–H and O–H groups in total. The maximum atomic E-state index is 10.3. The zero-order chi connectivity index (χ0) is 9.84. The third-order valence-electron chi connectivity index (χ3n) is 1.81. The molecule has 0 heterocycles. The number of carbonyl (C=O) groups excluding carboxylic acids is 1. The van der Waals surface area contributed by atoms with Crippen molar-refractivity contribution in [3.8, 4) is 5.75 Å². The van der Waals surface area contributed by atoms with Gasteiger partial charge in [-0.15, -0.1) is 0 Å². The SMILES string of the molecule is COc1ccc(CC(=O)[O-])cc1C. The minimum Gasteiger partial charge on any atom is -0.550 e. The van der Waals surface area contributed by atoms with Crippen LogP contribution in [0.2, 0.25) is 0 Å². The van der Waals surface area contributed by atoms with Crippen LogP contribution >= 0.6 is 0 Å². The van der Waals surface area contributed by atoms with Gasteiger partial charge in [0.05, 0.1) is 7.11 Å². The Kier molecular flexibility index (Phi) is 2.90. The number of aliphatic carboxylic acids is 1. The summed E-state index contributed by atoms with van der Waals surface area (Å²) < 4.78 is 5.04. The van der Waals surface area contributed by atoms with Crippen molar-refractivity contribution in [2.45, 2.75) is 13.3 Å². The number of ether oxygens (including phenoxy) is 1. The molecule has 0 aromatic heterocycles. The fraction of sp³-hybridized carbons (Fsp3) is 0.300. The highest BCUT2D eigenvalue weighted by atomic mass is 16.5. The predicted octanol–water partition coefficient (Wildman–Crippen LogP) is 0.296. The molecule has 0 spiro atoms. The molecular weight excluding hydrogens is 168 g/mol. The first-order valence-electron chi connectivity index (χ1n) is 3.97. The van der Waals surface area contributed by atoms with Crippen molar-refractivity contribution in [2.24, 2.45) is 0 Å². The van der Waals surface area contributed by atoms with E-state index in [9.17, 15) is 9.90 Å². The number of methoxy groups -OCH3 is 1. The molecule has 1 rings (SSSR count). The van der Waals surface area contributed by atoms with Gasteiger partial charge in [0.15, 0.2) is 0 Å². The first-order valence-corrected chi connectivity index (χ1v) is 3.97. The fourth-order valence-corrected chi connectivity index (χ4v) is 1.22. The number of carboxylic acids is 1. The van der Waals surface area contributed by atoms with Crippen molar-refractivity contribution >= 4 is 5.97 Å². The summed E-state index contributed by atoms with van der Waals surface area (Å²) in [7, 11) is 1.58. The second-order valence-electron chi connectivity index (χ2n) is 2.85. The van der Waals surface area contributed by atoms with E-state index in [1.54, 1.807) is 25.3 Å². The minimum atomic E-state index is -1.07. The van der Waals surface area contributed by atoms with E-state index >= 15 is 0 Å². The number of carboxylic acid groups (broad SMARTS) is 1. The Bertz CT molecular complexity index is 318. The Morgan fingerprint density at radius 1 is 1.54 bits per heavy atom. The number of benzene rings is 1. The van der Waals surface area contributed by atoms with E-state index in [4.69, 9.17) is 4.74 Å². The van der Waals surface area contributed by atoms with Crippen LogP contribution in [-0.2, 0) is 11.2 Å². The van der Waals surface area contributed by atoms with Crippen molar-refractivity contribution in [1.82, 2.24) is 0 Å². The van der Waals surface area contributed by atoms with Crippen molar-refractivity contribution in [3.63, 3.8) is 0 Å². The topological polar surface area (TPSA) is 49.4 Å². The number of aryl methyl sites for hydroxylation is 1. The molecule has 3 nitrogen and oxygen atoms in total. The Balaban J connectivity index is 2.89. The molecule has 13 heavy (non-hydrogen) atoms. The molecule has 1 aromatic rings. The Morgan fingerprint density at radius 2 is 2.23 bits per heavy atom.